The predicted molar refractivity (Wildman–Crippen MR) is 73.0 cm³/mol. The Morgan fingerprint density at radius 2 is 2.05 bits per heavy atom. The summed E-state index contributed by atoms with van der Waals surface area (Å²) in [7, 11) is 0. The van der Waals surface area contributed by atoms with Crippen LogP contribution in [0, 0.1) is 5.92 Å². The number of hydrogen-bond acceptors (Lipinski definition) is 4. The lowest BCUT2D eigenvalue weighted by Gasteiger charge is -2.27. The predicted octanol–water partition coefficient (Wildman–Crippen LogP) is 2.48. The van der Waals surface area contributed by atoms with Gasteiger partial charge in [0.1, 0.15) is 5.82 Å². The Morgan fingerprint density at radius 1 is 1.32 bits per heavy atom. The lowest BCUT2D eigenvalue weighted by atomic mass is 9.86. The highest BCUT2D eigenvalue weighted by molar-refractivity contribution is 5.70. The number of aliphatic carboxylic acids is 1. The van der Waals surface area contributed by atoms with Gasteiger partial charge in [-0.2, -0.15) is 5.10 Å². The van der Waals surface area contributed by atoms with Crippen LogP contribution >= 0.6 is 0 Å². The fourth-order valence-corrected chi connectivity index (χ4v) is 2.52. The Morgan fingerprint density at radius 3 is 2.58 bits per heavy atom. The van der Waals surface area contributed by atoms with Crippen molar-refractivity contribution >= 4 is 11.8 Å². The van der Waals surface area contributed by atoms with Crippen molar-refractivity contribution < 1.29 is 9.90 Å². The highest BCUT2D eigenvalue weighted by Gasteiger charge is 2.25. The minimum absolute atomic E-state index is 0.170. The molecule has 19 heavy (non-hydrogen) atoms. The number of carboxylic acid groups (broad SMARTS) is 1. The van der Waals surface area contributed by atoms with Gasteiger partial charge in [-0.3, -0.25) is 4.79 Å². The minimum atomic E-state index is -0.665. The molecule has 2 rings (SSSR count). The van der Waals surface area contributed by atoms with Gasteiger partial charge >= 0.3 is 5.97 Å². The van der Waals surface area contributed by atoms with Gasteiger partial charge in [-0.25, -0.2) is 0 Å². The van der Waals surface area contributed by atoms with E-state index in [1.54, 1.807) is 0 Å². The van der Waals surface area contributed by atoms with Gasteiger partial charge < -0.3 is 10.4 Å². The summed E-state index contributed by atoms with van der Waals surface area (Å²) in [5, 5.41) is 20.6. The van der Waals surface area contributed by atoms with Crippen LogP contribution in [0.25, 0.3) is 0 Å². The molecular weight excluding hydrogens is 242 g/mol. The van der Waals surface area contributed by atoms with Gasteiger partial charge in [-0.05, 0) is 44.2 Å². The number of hydrogen-bond donors (Lipinski definition) is 2. The first kappa shape index (κ1) is 13.8. The highest BCUT2D eigenvalue weighted by atomic mass is 16.4. The van der Waals surface area contributed by atoms with Gasteiger partial charge in [0.25, 0.3) is 0 Å². The second kappa shape index (κ2) is 6.50. The van der Waals surface area contributed by atoms with Crippen molar-refractivity contribution in [3.8, 4) is 0 Å². The van der Waals surface area contributed by atoms with E-state index >= 15 is 0 Å². The average Bonchev–Trinajstić information content (AvgIpc) is 2.42. The van der Waals surface area contributed by atoms with Crippen molar-refractivity contribution in [2.24, 2.45) is 5.92 Å². The number of aryl methyl sites for hydroxylation is 1. The van der Waals surface area contributed by atoms with Crippen LogP contribution in [-0.2, 0) is 11.2 Å². The van der Waals surface area contributed by atoms with E-state index in [2.05, 4.69) is 22.4 Å². The molecule has 5 nitrogen and oxygen atoms in total. The molecule has 0 radical (unpaired) electrons. The molecule has 0 aliphatic heterocycles. The van der Waals surface area contributed by atoms with E-state index in [1.165, 1.54) is 0 Å². The van der Waals surface area contributed by atoms with Gasteiger partial charge in [0, 0.05) is 6.04 Å². The van der Waals surface area contributed by atoms with Gasteiger partial charge in [0.15, 0.2) is 0 Å². The number of aromatic nitrogens is 2. The van der Waals surface area contributed by atoms with Crippen LogP contribution in [-0.4, -0.2) is 27.3 Å². The Bertz CT molecular complexity index is 411. The van der Waals surface area contributed by atoms with E-state index in [-0.39, 0.29) is 5.92 Å². The fraction of sp³-hybridized carbons (Fsp3) is 0.643. The summed E-state index contributed by atoms with van der Waals surface area (Å²) in [5.41, 5.74) is 1.02. The summed E-state index contributed by atoms with van der Waals surface area (Å²) in [6, 6.07) is 4.28. The first-order chi connectivity index (χ1) is 9.19. The maximum Gasteiger partial charge on any atom is 0.306 e. The Labute approximate surface area is 113 Å². The zero-order valence-electron chi connectivity index (χ0n) is 11.3. The first-order valence-electron chi connectivity index (χ1n) is 7.01. The topological polar surface area (TPSA) is 75.1 Å². The molecule has 104 valence electrons. The molecule has 1 aromatic rings. The number of rotatable bonds is 5. The normalized spacial score (nSPS) is 23.0. The third-order valence-electron chi connectivity index (χ3n) is 3.65. The van der Waals surface area contributed by atoms with Crippen molar-refractivity contribution in [2.75, 3.05) is 5.32 Å². The molecular formula is C14H21N3O2. The summed E-state index contributed by atoms with van der Waals surface area (Å²) in [4.78, 5) is 10.9. The van der Waals surface area contributed by atoms with E-state index in [0.717, 1.165) is 50.0 Å². The van der Waals surface area contributed by atoms with E-state index in [0.29, 0.717) is 6.04 Å². The molecule has 0 saturated heterocycles. The SMILES string of the molecule is CCCc1ccc(NC2CCC(C(=O)O)CC2)nn1. The van der Waals surface area contributed by atoms with E-state index in [1.807, 2.05) is 12.1 Å². The number of anilines is 1. The van der Waals surface area contributed by atoms with E-state index < -0.39 is 5.97 Å². The standard InChI is InChI=1S/C14H21N3O2/c1-2-3-12-8-9-13(17-16-12)15-11-6-4-10(5-7-11)14(18)19/h8-11H,2-7H2,1H3,(H,15,17)(H,18,19). The zero-order valence-corrected chi connectivity index (χ0v) is 11.3. The van der Waals surface area contributed by atoms with Crippen molar-refractivity contribution in [3.63, 3.8) is 0 Å². The van der Waals surface area contributed by atoms with Crippen LogP contribution in [0.1, 0.15) is 44.7 Å². The molecule has 1 aliphatic carbocycles. The summed E-state index contributed by atoms with van der Waals surface area (Å²) < 4.78 is 0. The molecule has 0 unspecified atom stereocenters. The first-order valence-corrected chi connectivity index (χ1v) is 7.01. The molecule has 1 aromatic heterocycles. The van der Waals surface area contributed by atoms with Crippen molar-refractivity contribution in [1.82, 2.24) is 10.2 Å². The maximum absolute atomic E-state index is 10.9. The van der Waals surface area contributed by atoms with Crippen molar-refractivity contribution in [3.05, 3.63) is 17.8 Å². The van der Waals surface area contributed by atoms with Gasteiger partial charge in [-0.1, -0.05) is 13.3 Å². The number of nitrogens with one attached hydrogen (secondary N) is 1. The Balaban J connectivity index is 1.83. The smallest absolute Gasteiger partial charge is 0.306 e. The number of carbonyl (C=O) groups is 1. The summed E-state index contributed by atoms with van der Waals surface area (Å²) in [5.74, 6) is -0.0446. The second-order valence-corrected chi connectivity index (χ2v) is 5.19. The number of nitrogens with zero attached hydrogens (tertiary/aromatic N) is 2. The quantitative estimate of drug-likeness (QED) is 0.853. The average molecular weight is 263 g/mol. The fourth-order valence-electron chi connectivity index (χ4n) is 2.52. The van der Waals surface area contributed by atoms with Crippen molar-refractivity contribution in [2.45, 2.75) is 51.5 Å². The Hall–Kier alpha value is -1.65. The largest absolute Gasteiger partial charge is 0.481 e. The molecule has 0 aromatic carbocycles. The highest BCUT2D eigenvalue weighted by Crippen LogP contribution is 2.26. The van der Waals surface area contributed by atoms with Crippen LogP contribution in [0.5, 0.6) is 0 Å². The van der Waals surface area contributed by atoms with Crippen LogP contribution < -0.4 is 5.32 Å². The van der Waals surface area contributed by atoms with Crippen LogP contribution in [0.3, 0.4) is 0 Å². The molecule has 0 bridgehead atoms. The maximum atomic E-state index is 10.9. The van der Waals surface area contributed by atoms with Gasteiger partial charge in [0.2, 0.25) is 0 Å². The summed E-state index contributed by atoms with van der Waals surface area (Å²) in [6.07, 6.45) is 5.28. The molecule has 1 heterocycles. The molecule has 1 aliphatic rings. The molecule has 1 fully saturated rings. The molecule has 0 amide bonds. The summed E-state index contributed by atoms with van der Waals surface area (Å²) >= 11 is 0. The second-order valence-electron chi connectivity index (χ2n) is 5.19. The van der Waals surface area contributed by atoms with E-state index in [4.69, 9.17) is 5.11 Å². The molecule has 2 N–H and O–H groups in total. The molecule has 0 atom stereocenters. The molecule has 1 saturated carbocycles. The molecule has 0 spiro atoms. The number of carboxylic acids is 1. The molecule has 5 heteroatoms. The van der Waals surface area contributed by atoms with E-state index in [9.17, 15) is 4.79 Å². The van der Waals surface area contributed by atoms with Crippen LogP contribution in [0.2, 0.25) is 0 Å². The van der Waals surface area contributed by atoms with Crippen LogP contribution in [0.4, 0.5) is 5.82 Å². The summed E-state index contributed by atoms with van der Waals surface area (Å²) in [6.45, 7) is 2.12. The van der Waals surface area contributed by atoms with Gasteiger partial charge in [-0.15, -0.1) is 5.10 Å². The van der Waals surface area contributed by atoms with Crippen LogP contribution in [0.15, 0.2) is 12.1 Å². The third-order valence-corrected chi connectivity index (χ3v) is 3.65. The zero-order chi connectivity index (χ0) is 13.7. The van der Waals surface area contributed by atoms with Crippen molar-refractivity contribution in [1.29, 1.82) is 0 Å². The lowest BCUT2D eigenvalue weighted by molar-refractivity contribution is -0.142. The minimum Gasteiger partial charge on any atom is -0.481 e. The van der Waals surface area contributed by atoms with Gasteiger partial charge in [0.05, 0.1) is 11.6 Å². The Kier molecular flexibility index (Phi) is 4.71. The lowest BCUT2D eigenvalue weighted by Crippen LogP contribution is -2.29. The third kappa shape index (κ3) is 3.91. The monoisotopic (exact) mass is 263 g/mol.